The Kier molecular flexibility index (Phi) is 6.43. The minimum atomic E-state index is -3.71. The minimum Gasteiger partial charge on any atom is -0.438 e. The molecule has 0 spiro atoms. The largest absolute Gasteiger partial charge is 0.438 e. The summed E-state index contributed by atoms with van der Waals surface area (Å²) in [4.78, 5) is 26.9. The smallest absolute Gasteiger partial charge is 0.289 e. The Balaban J connectivity index is 1.34. The van der Waals surface area contributed by atoms with Gasteiger partial charge in [-0.3, -0.25) is 9.59 Å². The molecule has 0 unspecified atom stereocenters. The van der Waals surface area contributed by atoms with Gasteiger partial charge in [-0.25, -0.2) is 8.42 Å². The molecule has 2 aromatic rings. The van der Waals surface area contributed by atoms with Crippen LogP contribution < -0.4 is 5.32 Å². The first kappa shape index (κ1) is 21.6. The van der Waals surface area contributed by atoms with Crippen molar-refractivity contribution in [3.05, 3.63) is 48.2 Å². The fourth-order valence-electron chi connectivity index (χ4n) is 4.07. The number of hydrogen-bond acceptors (Lipinski definition) is 5. The van der Waals surface area contributed by atoms with E-state index in [1.165, 1.54) is 16.4 Å². The number of carbonyl (C=O) groups excluding carboxylic acids is 2. The number of nitrogens with one attached hydrogen (secondary N) is 1. The maximum absolute atomic E-state index is 12.8. The first-order valence-corrected chi connectivity index (χ1v) is 12.1. The van der Waals surface area contributed by atoms with Gasteiger partial charge in [0.05, 0.1) is 0 Å². The van der Waals surface area contributed by atoms with Crippen LogP contribution in [0.1, 0.15) is 42.7 Å². The van der Waals surface area contributed by atoms with Gasteiger partial charge in [-0.1, -0.05) is 24.6 Å². The molecule has 0 atom stereocenters. The summed E-state index contributed by atoms with van der Waals surface area (Å²) in [6.07, 6.45) is 3.78. The summed E-state index contributed by atoms with van der Waals surface area (Å²) in [7, 11) is -3.71. The molecule has 166 valence electrons. The number of hydrogen-bond donors (Lipinski definition) is 1. The summed E-state index contributed by atoms with van der Waals surface area (Å²) < 4.78 is 32.3. The quantitative estimate of drug-likeness (QED) is 0.763. The molecule has 0 bridgehead atoms. The zero-order chi connectivity index (χ0) is 21.8. The summed E-state index contributed by atoms with van der Waals surface area (Å²) in [5, 5.41) is 2.72. The molecule has 1 N–H and O–H groups in total. The van der Waals surface area contributed by atoms with Crippen molar-refractivity contribution in [2.24, 2.45) is 5.92 Å². The van der Waals surface area contributed by atoms with E-state index < -0.39 is 10.0 Å². The number of likely N-dealkylation sites (tertiary alicyclic amines) is 1. The fraction of sp³-hybridized carbons (Fsp3) is 0.455. The van der Waals surface area contributed by atoms with Gasteiger partial charge in [-0.2, -0.15) is 4.31 Å². The number of para-hydroxylation sites is 1. The van der Waals surface area contributed by atoms with Gasteiger partial charge >= 0.3 is 0 Å². The Hall–Kier alpha value is -2.65. The number of rotatable bonds is 5. The van der Waals surface area contributed by atoms with Crippen molar-refractivity contribution < 1.29 is 22.4 Å². The van der Waals surface area contributed by atoms with E-state index in [1.807, 2.05) is 30.3 Å². The summed E-state index contributed by atoms with van der Waals surface area (Å²) in [6.45, 7) is 1.79. The zero-order valence-electron chi connectivity index (χ0n) is 17.3. The molecule has 8 nitrogen and oxygen atoms in total. The molecule has 1 aromatic carbocycles. The molecule has 4 rings (SSSR count). The predicted molar refractivity (Wildman–Crippen MR) is 115 cm³/mol. The highest BCUT2D eigenvalue weighted by Gasteiger charge is 2.32. The molecular weight excluding hydrogens is 418 g/mol. The van der Waals surface area contributed by atoms with Crippen LogP contribution in [0, 0.1) is 5.92 Å². The number of nitrogens with zero attached hydrogens (tertiary/aromatic N) is 2. The second-order valence-corrected chi connectivity index (χ2v) is 9.87. The second kappa shape index (κ2) is 9.23. The maximum Gasteiger partial charge on any atom is 0.289 e. The number of carbonyl (C=O) groups is 2. The lowest BCUT2D eigenvalue weighted by atomic mass is 9.95. The Morgan fingerprint density at radius 2 is 1.58 bits per heavy atom. The molecule has 2 fully saturated rings. The molecule has 1 aromatic heterocycles. The molecular formula is C22H27N3O5S. The Labute approximate surface area is 182 Å². The second-order valence-electron chi connectivity index (χ2n) is 8.01. The average molecular weight is 446 g/mol. The van der Waals surface area contributed by atoms with E-state index in [0.29, 0.717) is 39.0 Å². The summed E-state index contributed by atoms with van der Waals surface area (Å²) in [5.74, 6) is -0.549. The van der Waals surface area contributed by atoms with Gasteiger partial charge in [-0.05, 0) is 49.9 Å². The van der Waals surface area contributed by atoms with Gasteiger partial charge in [0.1, 0.15) is 0 Å². The molecule has 2 aliphatic rings. The van der Waals surface area contributed by atoms with Crippen LogP contribution in [-0.4, -0.2) is 55.6 Å². The van der Waals surface area contributed by atoms with Crippen LogP contribution >= 0.6 is 0 Å². The van der Waals surface area contributed by atoms with Gasteiger partial charge in [-0.15, -0.1) is 0 Å². The van der Waals surface area contributed by atoms with Gasteiger partial charge < -0.3 is 14.6 Å². The van der Waals surface area contributed by atoms with Crippen molar-refractivity contribution in [3.8, 4) is 0 Å². The Morgan fingerprint density at radius 3 is 2.26 bits per heavy atom. The maximum atomic E-state index is 12.8. The Morgan fingerprint density at radius 1 is 0.903 bits per heavy atom. The van der Waals surface area contributed by atoms with E-state index in [0.717, 1.165) is 24.9 Å². The predicted octanol–water partition coefficient (Wildman–Crippen LogP) is 2.95. The van der Waals surface area contributed by atoms with Crippen molar-refractivity contribution >= 4 is 27.5 Å². The van der Waals surface area contributed by atoms with Crippen LogP contribution in [0.25, 0.3) is 0 Å². The van der Waals surface area contributed by atoms with Crippen LogP contribution in [0.15, 0.2) is 52.0 Å². The van der Waals surface area contributed by atoms with Crippen molar-refractivity contribution in [2.75, 3.05) is 31.5 Å². The Bertz CT molecular complexity index is 1020. The molecule has 31 heavy (non-hydrogen) atoms. The lowest BCUT2D eigenvalue weighted by Gasteiger charge is -2.30. The van der Waals surface area contributed by atoms with Crippen LogP contribution in [-0.2, 0) is 14.8 Å². The number of sulfonamides is 1. The van der Waals surface area contributed by atoms with Crippen LogP contribution in [0.3, 0.4) is 0 Å². The summed E-state index contributed by atoms with van der Waals surface area (Å²) >= 11 is 0. The minimum absolute atomic E-state index is 0.0165. The number of furan rings is 1. The third kappa shape index (κ3) is 4.83. The van der Waals surface area contributed by atoms with Crippen molar-refractivity contribution in [2.45, 2.75) is 37.2 Å². The molecule has 2 saturated heterocycles. The van der Waals surface area contributed by atoms with Crippen LogP contribution in [0.4, 0.5) is 5.69 Å². The number of anilines is 1. The van der Waals surface area contributed by atoms with E-state index in [-0.39, 0.29) is 28.6 Å². The van der Waals surface area contributed by atoms with Crippen molar-refractivity contribution in [1.29, 1.82) is 0 Å². The SMILES string of the molecule is O=C(Nc1ccccc1)C1CCN(C(=O)c2ccc(S(=O)(=O)N3CCCCC3)o2)CC1. The molecule has 0 radical (unpaired) electrons. The lowest BCUT2D eigenvalue weighted by Crippen LogP contribution is -2.41. The monoisotopic (exact) mass is 445 g/mol. The molecule has 2 amide bonds. The van der Waals surface area contributed by atoms with Crippen LogP contribution in [0.2, 0.25) is 0 Å². The summed E-state index contributed by atoms with van der Waals surface area (Å²) in [6, 6.07) is 12.1. The summed E-state index contributed by atoms with van der Waals surface area (Å²) in [5.41, 5.74) is 0.754. The third-order valence-corrected chi connectivity index (χ3v) is 7.67. The highest BCUT2D eigenvalue weighted by Crippen LogP contribution is 2.25. The van der Waals surface area contributed by atoms with Crippen molar-refractivity contribution in [3.63, 3.8) is 0 Å². The number of benzene rings is 1. The average Bonchev–Trinajstić information content (AvgIpc) is 3.31. The van der Waals surface area contributed by atoms with Gasteiger partial charge in [0, 0.05) is 37.8 Å². The zero-order valence-corrected chi connectivity index (χ0v) is 18.1. The first-order chi connectivity index (χ1) is 14.9. The van der Waals surface area contributed by atoms with E-state index in [9.17, 15) is 18.0 Å². The standard InChI is InChI=1S/C22H27N3O5S/c26-21(23-18-7-3-1-4-8-18)17-11-15-24(16-12-17)22(27)19-9-10-20(30-19)31(28,29)25-13-5-2-6-14-25/h1,3-4,7-10,17H,2,5-6,11-16H2,(H,23,26). The molecule has 3 heterocycles. The topological polar surface area (TPSA) is 99.9 Å². The third-order valence-electron chi connectivity index (χ3n) is 5.90. The molecule has 9 heteroatoms. The molecule has 0 aliphatic carbocycles. The molecule has 0 saturated carbocycles. The normalized spacial score (nSPS) is 18.6. The van der Waals surface area contributed by atoms with Gasteiger partial charge in [0.15, 0.2) is 5.76 Å². The molecule has 2 aliphatic heterocycles. The van der Waals surface area contributed by atoms with E-state index in [1.54, 1.807) is 4.90 Å². The van der Waals surface area contributed by atoms with E-state index >= 15 is 0 Å². The van der Waals surface area contributed by atoms with Crippen LogP contribution in [0.5, 0.6) is 0 Å². The lowest BCUT2D eigenvalue weighted by molar-refractivity contribution is -0.121. The van der Waals surface area contributed by atoms with E-state index in [4.69, 9.17) is 4.42 Å². The fourth-order valence-corrected chi connectivity index (χ4v) is 5.50. The highest BCUT2D eigenvalue weighted by atomic mass is 32.2. The first-order valence-electron chi connectivity index (χ1n) is 10.7. The van der Waals surface area contributed by atoms with Gasteiger partial charge in [0.25, 0.3) is 15.9 Å². The number of amides is 2. The van der Waals surface area contributed by atoms with Crippen molar-refractivity contribution in [1.82, 2.24) is 9.21 Å². The van der Waals surface area contributed by atoms with Gasteiger partial charge in [0.2, 0.25) is 11.0 Å². The van der Waals surface area contributed by atoms with E-state index in [2.05, 4.69) is 5.32 Å². The number of piperidine rings is 2. The highest BCUT2D eigenvalue weighted by molar-refractivity contribution is 7.89.